The van der Waals surface area contributed by atoms with Crippen molar-refractivity contribution < 1.29 is 14.0 Å². The molecule has 4 rings (SSSR count). The zero-order chi connectivity index (χ0) is 19.3. The van der Waals surface area contributed by atoms with Crippen molar-refractivity contribution in [3.8, 4) is 11.1 Å². The molecule has 0 aliphatic carbocycles. The van der Waals surface area contributed by atoms with Crippen LogP contribution in [0.4, 0.5) is 9.39 Å². The van der Waals surface area contributed by atoms with Crippen LogP contribution < -0.4 is 5.32 Å². The first-order chi connectivity index (χ1) is 12.8. The van der Waals surface area contributed by atoms with Crippen molar-refractivity contribution in [2.45, 2.75) is 19.3 Å². The predicted molar refractivity (Wildman–Crippen MR) is 106 cm³/mol. The second-order valence-electron chi connectivity index (χ2n) is 6.74. The van der Waals surface area contributed by atoms with Gasteiger partial charge in [-0.1, -0.05) is 53.6 Å². The number of nitrogens with one attached hydrogen (secondary N) is 1. The minimum atomic E-state index is -1.38. The average Bonchev–Trinajstić information content (AvgIpc) is 2.95. The molecule has 0 radical (unpaired) electrons. The van der Waals surface area contributed by atoms with Gasteiger partial charge in [0, 0.05) is 5.56 Å². The Kier molecular flexibility index (Phi) is 4.17. The van der Waals surface area contributed by atoms with Gasteiger partial charge in [-0.2, -0.15) is 0 Å². The molecule has 6 heteroatoms. The van der Waals surface area contributed by atoms with E-state index in [0.29, 0.717) is 31.6 Å². The maximum atomic E-state index is 13.7. The number of hydrogen-bond donors (Lipinski definition) is 1. The van der Waals surface area contributed by atoms with Crippen molar-refractivity contribution >= 4 is 39.6 Å². The lowest BCUT2D eigenvalue weighted by Gasteiger charge is -2.32. The van der Waals surface area contributed by atoms with Gasteiger partial charge in [-0.25, -0.2) is 4.39 Å². The first kappa shape index (κ1) is 17.9. The summed E-state index contributed by atoms with van der Waals surface area (Å²) < 4.78 is 14.1. The van der Waals surface area contributed by atoms with Crippen molar-refractivity contribution in [3.63, 3.8) is 0 Å². The summed E-state index contributed by atoms with van der Waals surface area (Å²) in [6, 6.07) is 13.3. The van der Waals surface area contributed by atoms with Gasteiger partial charge in [-0.15, -0.1) is 11.3 Å². The number of halogens is 2. The molecule has 3 nitrogen and oxygen atoms in total. The van der Waals surface area contributed by atoms with Gasteiger partial charge in [-0.3, -0.25) is 9.59 Å². The van der Waals surface area contributed by atoms with E-state index in [0.717, 1.165) is 16.9 Å². The second kappa shape index (κ2) is 6.29. The summed E-state index contributed by atoms with van der Waals surface area (Å²) in [5.41, 5.74) is 1.48. The Bertz CT molecular complexity index is 1110. The predicted octanol–water partition coefficient (Wildman–Crippen LogP) is 5.61. The number of thiophene rings is 1. The molecule has 0 saturated carbocycles. The first-order valence-corrected chi connectivity index (χ1v) is 9.53. The van der Waals surface area contributed by atoms with Crippen LogP contribution in [0, 0.1) is 12.7 Å². The molecule has 1 unspecified atom stereocenters. The molecule has 136 valence electrons. The van der Waals surface area contributed by atoms with Crippen molar-refractivity contribution in [1.82, 2.24) is 0 Å². The lowest BCUT2D eigenvalue weighted by atomic mass is 9.72. The molecule has 2 aromatic carbocycles. The minimum absolute atomic E-state index is 0.333. The van der Waals surface area contributed by atoms with Gasteiger partial charge in [0.2, 0.25) is 5.91 Å². The third-order valence-corrected chi connectivity index (χ3v) is 6.25. The summed E-state index contributed by atoms with van der Waals surface area (Å²) in [5, 5.41) is 3.23. The third-order valence-electron chi connectivity index (χ3n) is 4.94. The first-order valence-electron chi connectivity index (χ1n) is 8.34. The van der Waals surface area contributed by atoms with Crippen molar-refractivity contribution in [2.75, 3.05) is 5.32 Å². The highest BCUT2D eigenvalue weighted by Gasteiger charge is 2.49. The van der Waals surface area contributed by atoms with Crippen LogP contribution >= 0.6 is 22.9 Å². The molecule has 1 N–H and O–H groups in total. The molecule has 2 heterocycles. The number of hydrogen-bond acceptors (Lipinski definition) is 3. The highest BCUT2D eigenvalue weighted by atomic mass is 35.5. The number of benzene rings is 2. The van der Waals surface area contributed by atoms with E-state index in [-0.39, 0.29) is 5.78 Å². The van der Waals surface area contributed by atoms with E-state index in [4.69, 9.17) is 11.6 Å². The van der Waals surface area contributed by atoms with Crippen LogP contribution in [0.1, 0.15) is 28.4 Å². The number of fused-ring (bicyclic) bond motifs is 1. The van der Waals surface area contributed by atoms with E-state index in [9.17, 15) is 14.0 Å². The number of carbonyl (C=O) groups excluding carboxylic acids is 2. The fourth-order valence-corrected chi connectivity index (χ4v) is 4.79. The van der Waals surface area contributed by atoms with Gasteiger partial charge < -0.3 is 5.32 Å². The molecule has 1 amide bonds. The molecule has 0 spiro atoms. The SMILES string of the molecule is Cc1cccc(C2(C)C(=O)Nc3sc(Cl)c(-c4cccc(F)c4)c3C2=O)c1. The fraction of sp³-hybridized carbons (Fsp3) is 0.143. The van der Waals surface area contributed by atoms with E-state index in [1.807, 2.05) is 25.1 Å². The Morgan fingerprint density at radius 3 is 2.52 bits per heavy atom. The van der Waals surface area contributed by atoms with Gasteiger partial charge in [0.15, 0.2) is 5.78 Å². The zero-order valence-corrected chi connectivity index (χ0v) is 16.2. The Morgan fingerprint density at radius 1 is 1.07 bits per heavy atom. The topological polar surface area (TPSA) is 46.2 Å². The average molecular weight is 400 g/mol. The summed E-state index contributed by atoms with van der Waals surface area (Å²) in [4.78, 5) is 26.4. The third kappa shape index (κ3) is 2.69. The number of rotatable bonds is 2. The Hall–Kier alpha value is -2.50. The van der Waals surface area contributed by atoms with Crippen LogP contribution in [-0.2, 0) is 10.2 Å². The number of aryl methyl sites for hydroxylation is 1. The summed E-state index contributed by atoms with van der Waals surface area (Å²) >= 11 is 7.51. The zero-order valence-electron chi connectivity index (χ0n) is 14.6. The smallest absolute Gasteiger partial charge is 0.243 e. The van der Waals surface area contributed by atoms with E-state index >= 15 is 0 Å². The van der Waals surface area contributed by atoms with Gasteiger partial charge >= 0.3 is 0 Å². The van der Waals surface area contributed by atoms with Crippen molar-refractivity contribution in [1.29, 1.82) is 0 Å². The number of ketones is 1. The highest BCUT2D eigenvalue weighted by molar-refractivity contribution is 7.21. The second-order valence-corrected chi connectivity index (χ2v) is 8.37. The standard InChI is InChI=1S/C21H15ClFNO2S/c1-11-5-3-7-13(9-11)21(2)17(25)16-15(12-6-4-8-14(23)10-12)18(22)27-19(16)24-20(21)26/h3-10H,1-2H3,(H,24,26). The summed E-state index contributed by atoms with van der Waals surface area (Å²) in [5.74, 6) is -1.15. The largest absolute Gasteiger partial charge is 0.316 e. The van der Waals surface area contributed by atoms with Crippen LogP contribution in [0.25, 0.3) is 11.1 Å². The molecule has 3 aromatic rings. The Balaban J connectivity index is 1.94. The van der Waals surface area contributed by atoms with Crippen LogP contribution in [0.15, 0.2) is 48.5 Å². The molecule has 1 aromatic heterocycles. The van der Waals surface area contributed by atoms with Crippen molar-refractivity contribution in [3.05, 3.63) is 75.4 Å². The van der Waals surface area contributed by atoms with Gasteiger partial charge in [0.05, 0.1) is 5.56 Å². The quantitative estimate of drug-likeness (QED) is 0.569. The van der Waals surface area contributed by atoms with E-state index < -0.39 is 17.1 Å². The van der Waals surface area contributed by atoms with E-state index in [1.165, 1.54) is 12.1 Å². The van der Waals surface area contributed by atoms with Crippen LogP contribution in [0.3, 0.4) is 0 Å². The van der Waals surface area contributed by atoms with E-state index in [2.05, 4.69) is 5.32 Å². The van der Waals surface area contributed by atoms with Gasteiger partial charge in [-0.05, 0) is 37.1 Å². The number of amides is 1. The number of anilines is 1. The molecule has 0 saturated heterocycles. The molecular formula is C21H15ClFNO2S. The Morgan fingerprint density at radius 2 is 1.81 bits per heavy atom. The lowest BCUT2D eigenvalue weighted by molar-refractivity contribution is -0.119. The molecule has 0 fully saturated rings. The molecule has 1 aliphatic rings. The molecule has 27 heavy (non-hydrogen) atoms. The molecular weight excluding hydrogens is 385 g/mol. The van der Waals surface area contributed by atoms with Crippen LogP contribution in [0.2, 0.25) is 4.34 Å². The normalized spacial score (nSPS) is 19.0. The van der Waals surface area contributed by atoms with Crippen LogP contribution in [0.5, 0.6) is 0 Å². The molecule has 1 aliphatic heterocycles. The highest BCUT2D eigenvalue weighted by Crippen LogP contribution is 2.49. The summed E-state index contributed by atoms with van der Waals surface area (Å²) in [7, 11) is 0. The summed E-state index contributed by atoms with van der Waals surface area (Å²) in [6.45, 7) is 3.52. The maximum absolute atomic E-state index is 13.7. The van der Waals surface area contributed by atoms with Gasteiger partial charge in [0.1, 0.15) is 20.6 Å². The minimum Gasteiger partial charge on any atom is -0.316 e. The number of carbonyl (C=O) groups is 2. The fourth-order valence-electron chi connectivity index (χ4n) is 3.41. The van der Waals surface area contributed by atoms with Crippen LogP contribution in [-0.4, -0.2) is 11.7 Å². The van der Waals surface area contributed by atoms with Gasteiger partial charge in [0.25, 0.3) is 0 Å². The monoisotopic (exact) mass is 399 g/mol. The maximum Gasteiger partial charge on any atom is 0.243 e. The molecule has 0 bridgehead atoms. The number of Topliss-reactive ketones (excluding diaryl/α,β-unsaturated/α-hetero) is 1. The van der Waals surface area contributed by atoms with E-state index in [1.54, 1.807) is 25.1 Å². The Labute approximate surface area is 164 Å². The molecule has 1 atom stereocenters. The lowest BCUT2D eigenvalue weighted by Crippen LogP contribution is -2.48. The van der Waals surface area contributed by atoms with Crippen molar-refractivity contribution in [2.24, 2.45) is 0 Å². The summed E-state index contributed by atoms with van der Waals surface area (Å²) in [6.07, 6.45) is 0.